The molecule has 0 aliphatic rings. The van der Waals surface area contributed by atoms with Crippen molar-refractivity contribution in [1.82, 2.24) is 9.97 Å². The number of benzene rings is 1. The third-order valence-corrected chi connectivity index (χ3v) is 2.86. The molecular weight excluding hydrogens is 226 g/mol. The first-order chi connectivity index (χ1) is 8.84. The quantitative estimate of drug-likeness (QED) is 0.691. The molecule has 0 spiro atoms. The van der Waals surface area contributed by atoms with Gasteiger partial charge < -0.3 is 15.5 Å². The van der Waals surface area contributed by atoms with Crippen molar-refractivity contribution in [2.24, 2.45) is 0 Å². The maximum Gasteiger partial charge on any atom is 0.138 e. The summed E-state index contributed by atoms with van der Waals surface area (Å²) in [7, 11) is 0. The van der Waals surface area contributed by atoms with E-state index in [0.717, 1.165) is 27.9 Å². The fraction of sp³-hybridized carbons (Fsp3) is 0.0714. The minimum absolute atomic E-state index is 0.495. The van der Waals surface area contributed by atoms with Crippen LogP contribution in [0.5, 0.6) is 5.75 Å². The maximum atomic E-state index is 5.89. The first-order valence-corrected chi connectivity index (χ1v) is 5.72. The van der Waals surface area contributed by atoms with E-state index in [-0.39, 0.29) is 0 Å². The zero-order chi connectivity index (χ0) is 12.4. The number of nitrogen functional groups attached to an aromatic ring is 1. The summed E-state index contributed by atoms with van der Waals surface area (Å²) < 4.78 is 5.68. The maximum absolute atomic E-state index is 5.89. The predicted octanol–water partition coefficient (Wildman–Crippen LogP) is 2.72. The van der Waals surface area contributed by atoms with Gasteiger partial charge in [0.2, 0.25) is 0 Å². The van der Waals surface area contributed by atoms with Gasteiger partial charge in [-0.25, -0.2) is 0 Å². The number of aromatic nitrogens is 2. The third-order valence-electron chi connectivity index (χ3n) is 2.86. The minimum Gasteiger partial charge on any atom is -0.487 e. The summed E-state index contributed by atoms with van der Waals surface area (Å²) in [4.78, 5) is 7.18. The van der Waals surface area contributed by atoms with Crippen LogP contribution in [0.1, 0.15) is 5.56 Å². The van der Waals surface area contributed by atoms with E-state index in [0.29, 0.717) is 6.61 Å². The number of nitrogens with two attached hydrogens (primary N) is 1. The Morgan fingerprint density at radius 3 is 3.00 bits per heavy atom. The third kappa shape index (κ3) is 1.88. The zero-order valence-corrected chi connectivity index (χ0v) is 9.76. The molecule has 0 unspecified atom stereocenters. The highest BCUT2D eigenvalue weighted by molar-refractivity contribution is 5.92. The standard InChI is InChI=1S/C14H13N3O/c15-13-5-1-4-12-10(7-17-14(12)13)9-18-11-3-2-6-16-8-11/h1-8,17H,9,15H2. The number of H-pyrrole nitrogens is 1. The summed E-state index contributed by atoms with van der Waals surface area (Å²) in [6.45, 7) is 0.495. The summed E-state index contributed by atoms with van der Waals surface area (Å²) >= 11 is 0. The second-order valence-electron chi connectivity index (χ2n) is 4.06. The van der Waals surface area contributed by atoms with Crippen LogP contribution in [0.25, 0.3) is 10.9 Å². The Hall–Kier alpha value is -2.49. The molecule has 0 bridgehead atoms. The molecule has 0 aliphatic carbocycles. The lowest BCUT2D eigenvalue weighted by atomic mass is 10.1. The fourth-order valence-corrected chi connectivity index (χ4v) is 1.95. The van der Waals surface area contributed by atoms with Crippen LogP contribution in [0.15, 0.2) is 48.9 Å². The van der Waals surface area contributed by atoms with Gasteiger partial charge in [0, 0.05) is 23.3 Å². The lowest BCUT2D eigenvalue weighted by Gasteiger charge is -2.04. The Kier molecular flexibility index (Phi) is 2.61. The number of hydrogen-bond donors (Lipinski definition) is 2. The van der Waals surface area contributed by atoms with E-state index >= 15 is 0 Å². The van der Waals surface area contributed by atoms with Gasteiger partial charge in [0.25, 0.3) is 0 Å². The van der Waals surface area contributed by atoms with E-state index in [1.807, 2.05) is 36.5 Å². The van der Waals surface area contributed by atoms with E-state index in [1.54, 1.807) is 12.4 Å². The van der Waals surface area contributed by atoms with Crippen LogP contribution in [0, 0.1) is 0 Å². The molecule has 3 N–H and O–H groups in total. The summed E-state index contributed by atoms with van der Waals surface area (Å²) in [6, 6.07) is 9.59. The van der Waals surface area contributed by atoms with Crippen molar-refractivity contribution in [1.29, 1.82) is 0 Å². The second-order valence-corrected chi connectivity index (χ2v) is 4.06. The van der Waals surface area contributed by atoms with Gasteiger partial charge in [0.15, 0.2) is 0 Å². The first-order valence-electron chi connectivity index (χ1n) is 5.72. The largest absolute Gasteiger partial charge is 0.487 e. The van der Waals surface area contributed by atoms with Gasteiger partial charge in [-0.15, -0.1) is 0 Å². The number of nitrogens with zero attached hydrogens (tertiary/aromatic N) is 1. The van der Waals surface area contributed by atoms with E-state index in [9.17, 15) is 0 Å². The van der Waals surface area contributed by atoms with Crippen LogP contribution in [-0.4, -0.2) is 9.97 Å². The van der Waals surface area contributed by atoms with E-state index in [4.69, 9.17) is 10.5 Å². The molecule has 0 saturated carbocycles. The van der Waals surface area contributed by atoms with Crippen molar-refractivity contribution < 1.29 is 4.74 Å². The lowest BCUT2D eigenvalue weighted by Crippen LogP contribution is -1.94. The van der Waals surface area contributed by atoms with Crippen molar-refractivity contribution in [2.75, 3.05) is 5.73 Å². The van der Waals surface area contributed by atoms with Gasteiger partial charge in [-0.2, -0.15) is 0 Å². The van der Waals surface area contributed by atoms with Crippen LogP contribution < -0.4 is 10.5 Å². The molecule has 0 aliphatic heterocycles. The number of hydrogen-bond acceptors (Lipinski definition) is 3. The highest BCUT2D eigenvalue weighted by atomic mass is 16.5. The summed E-state index contributed by atoms with van der Waals surface area (Å²) in [6.07, 6.45) is 5.35. The molecule has 0 atom stereocenters. The summed E-state index contributed by atoms with van der Waals surface area (Å²) in [5, 5.41) is 1.10. The van der Waals surface area contributed by atoms with Crippen molar-refractivity contribution in [3.63, 3.8) is 0 Å². The van der Waals surface area contributed by atoms with Crippen molar-refractivity contribution in [2.45, 2.75) is 6.61 Å². The average molecular weight is 239 g/mol. The van der Waals surface area contributed by atoms with Crippen LogP contribution in [-0.2, 0) is 6.61 Å². The Morgan fingerprint density at radius 2 is 2.17 bits per heavy atom. The van der Waals surface area contributed by atoms with Gasteiger partial charge in [-0.3, -0.25) is 4.98 Å². The summed E-state index contributed by atoms with van der Waals surface area (Å²) in [5.74, 6) is 0.760. The Morgan fingerprint density at radius 1 is 1.22 bits per heavy atom. The highest BCUT2D eigenvalue weighted by Crippen LogP contribution is 2.24. The normalized spacial score (nSPS) is 10.7. The smallest absolute Gasteiger partial charge is 0.138 e. The van der Waals surface area contributed by atoms with Gasteiger partial charge in [-0.1, -0.05) is 12.1 Å². The molecule has 0 fully saturated rings. The Labute approximate surface area is 104 Å². The number of aromatic amines is 1. The Balaban J connectivity index is 1.85. The van der Waals surface area contributed by atoms with Crippen molar-refractivity contribution >= 4 is 16.6 Å². The number of anilines is 1. The molecule has 2 aromatic heterocycles. The van der Waals surface area contributed by atoms with Crippen molar-refractivity contribution in [3.05, 3.63) is 54.5 Å². The number of para-hydroxylation sites is 1. The van der Waals surface area contributed by atoms with Gasteiger partial charge in [-0.05, 0) is 18.2 Å². The number of fused-ring (bicyclic) bond motifs is 1. The number of ether oxygens (including phenoxy) is 1. The molecule has 3 rings (SSSR count). The summed E-state index contributed by atoms with van der Waals surface area (Å²) in [5.41, 5.74) is 8.69. The highest BCUT2D eigenvalue weighted by Gasteiger charge is 2.06. The van der Waals surface area contributed by atoms with Gasteiger partial charge in [0.1, 0.15) is 12.4 Å². The molecule has 2 heterocycles. The van der Waals surface area contributed by atoms with Gasteiger partial charge >= 0.3 is 0 Å². The molecule has 0 amide bonds. The molecule has 3 aromatic rings. The SMILES string of the molecule is Nc1cccc2c(COc3cccnc3)c[nH]c12. The first kappa shape index (κ1) is 10.7. The minimum atomic E-state index is 0.495. The molecule has 0 radical (unpaired) electrons. The predicted molar refractivity (Wildman–Crippen MR) is 71.3 cm³/mol. The molecule has 1 aromatic carbocycles. The molecule has 90 valence electrons. The van der Waals surface area contributed by atoms with Gasteiger partial charge in [0.05, 0.1) is 17.4 Å². The fourth-order valence-electron chi connectivity index (χ4n) is 1.95. The Bertz CT molecular complexity index is 661. The molecule has 4 nitrogen and oxygen atoms in total. The van der Waals surface area contributed by atoms with E-state index in [2.05, 4.69) is 9.97 Å². The topological polar surface area (TPSA) is 63.9 Å². The van der Waals surface area contributed by atoms with E-state index in [1.165, 1.54) is 0 Å². The zero-order valence-electron chi connectivity index (χ0n) is 9.76. The van der Waals surface area contributed by atoms with Crippen LogP contribution in [0.3, 0.4) is 0 Å². The van der Waals surface area contributed by atoms with Crippen LogP contribution in [0.2, 0.25) is 0 Å². The number of rotatable bonds is 3. The molecule has 0 saturated heterocycles. The average Bonchev–Trinajstić information content (AvgIpc) is 2.82. The molecule has 18 heavy (non-hydrogen) atoms. The van der Waals surface area contributed by atoms with E-state index < -0.39 is 0 Å². The van der Waals surface area contributed by atoms with Crippen LogP contribution >= 0.6 is 0 Å². The number of pyridine rings is 1. The van der Waals surface area contributed by atoms with Crippen LogP contribution in [0.4, 0.5) is 5.69 Å². The lowest BCUT2D eigenvalue weighted by molar-refractivity contribution is 0.306. The molecular formula is C14H13N3O. The second kappa shape index (κ2) is 4.41. The molecule has 4 heteroatoms. The number of nitrogens with one attached hydrogen (secondary N) is 1. The van der Waals surface area contributed by atoms with Crippen molar-refractivity contribution in [3.8, 4) is 5.75 Å². The monoisotopic (exact) mass is 239 g/mol.